The van der Waals surface area contributed by atoms with Crippen molar-refractivity contribution in [3.8, 4) is 0 Å². The average molecular weight is 307 g/mol. The third-order valence-corrected chi connectivity index (χ3v) is 3.72. The zero-order chi connectivity index (χ0) is 16.2. The van der Waals surface area contributed by atoms with Crippen LogP contribution in [-0.4, -0.2) is 27.3 Å². The molecule has 0 spiro atoms. The second kappa shape index (κ2) is 6.44. The number of H-pyrrole nitrogens is 1. The van der Waals surface area contributed by atoms with Crippen LogP contribution in [0.3, 0.4) is 0 Å². The number of carbonyl (C=O) groups is 1. The van der Waals surface area contributed by atoms with Crippen LogP contribution < -0.4 is 5.69 Å². The molecule has 1 amide bonds. The number of aromatic nitrogens is 2. The molecule has 5 nitrogen and oxygen atoms in total. The van der Waals surface area contributed by atoms with E-state index in [2.05, 4.69) is 9.97 Å². The molecule has 3 aromatic rings. The maximum absolute atomic E-state index is 12.9. The van der Waals surface area contributed by atoms with Crippen molar-refractivity contribution < 1.29 is 4.79 Å². The molecule has 116 valence electrons. The molecule has 23 heavy (non-hydrogen) atoms. The number of para-hydroxylation sites is 1. The van der Waals surface area contributed by atoms with E-state index in [9.17, 15) is 9.59 Å². The van der Waals surface area contributed by atoms with E-state index in [-0.39, 0.29) is 11.6 Å². The number of hydrogen-bond donors (Lipinski definition) is 1. The van der Waals surface area contributed by atoms with Gasteiger partial charge in [0.25, 0.3) is 5.91 Å². The number of hydrogen-bond acceptors (Lipinski definition) is 3. The number of amides is 1. The Hall–Kier alpha value is -2.95. The lowest BCUT2D eigenvalue weighted by Gasteiger charge is -2.21. The molecule has 5 heteroatoms. The predicted molar refractivity (Wildman–Crippen MR) is 89.2 cm³/mol. The molecule has 0 atom stereocenters. The number of carbonyl (C=O) groups excluding carboxylic acids is 1. The maximum Gasteiger partial charge on any atom is 0.346 e. The molecule has 1 N–H and O–H groups in total. The third kappa shape index (κ3) is 3.13. The molecular formula is C18H17N3O2. The standard InChI is InChI=1S/C18H17N3O2/c1-2-21(12-13-8-4-3-5-9-13)17(22)16-14-10-6-7-11-15(14)19-18(23)20-16/h3-11H,2,12H2,1H3,(H,19,20,23). The fourth-order valence-electron chi connectivity index (χ4n) is 2.55. The van der Waals surface area contributed by atoms with Gasteiger partial charge in [-0.2, -0.15) is 4.98 Å². The monoisotopic (exact) mass is 307 g/mol. The Kier molecular flexibility index (Phi) is 4.19. The van der Waals surface area contributed by atoms with Crippen molar-refractivity contribution in [3.63, 3.8) is 0 Å². The zero-order valence-electron chi connectivity index (χ0n) is 12.8. The van der Waals surface area contributed by atoms with Crippen LogP contribution in [-0.2, 0) is 6.54 Å². The molecule has 0 bridgehead atoms. The van der Waals surface area contributed by atoms with E-state index >= 15 is 0 Å². The van der Waals surface area contributed by atoms with Gasteiger partial charge in [-0.25, -0.2) is 4.79 Å². The van der Waals surface area contributed by atoms with Crippen LogP contribution in [0.25, 0.3) is 10.9 Å². The van der Waals surface area contributed by atoms with Crippen LogP contribution in [0.15, 0.2) is 59.4 Å². The van der Waals surface area contributed by atoms with E-state index in [1.807, 2.05) is 49.4 Å². The summed E-state index contributed by atoms with van der Waals surface area (Å²) in [6.07, 6.45) is 0. The molecule has 1 aromatic heterocycles. The van der Waals surface area contributed by atoms with Gasteiger partial charge in [0.15, 0.2) is 0 Å². The molecule has 0 radical (unpaired) electrons. The Morgan fingerprint density at radius 2 is 1.78 bits per heavy atom. The fourth-order valence-corrected chi connectivity index (χ4v) is 2.55. The summed E-state index contributed by atoms with van der Waals surface area (Å²) in [5.74, 6) is -0.237. The molecule has 0 aliphatic rings. The van der Waals surface area contributed by atoms with E-state index in [0.717, 1.165) is 5.56 Å². The van der Waals surface area contributed by atoms with Crippen molar-refractivity contribution in [2.24, 2.45) is 0 Å². The smallest absolute Gasteiger partial charge is 0.333 e. The first-order chi connectivity index (χ1) is 11.2. The van der Waals surface area contributed by atoms with Crippen LogP contribution in [0.1, 0.15) is 23.0 Å². The molecule has 0 saturated heterocycles. The first-order valence-electron chi connectivity index (χ1n) is 7.51. The maximum atomic E-state index is 12.9. The van der Waals surface area contributed by atoms with Crippen molar-refractivity contribution >= 4 is 16.8 Å². The van der Waals surface area contributed by atoms with Crippen molar-refractivity contribution in [2.75, 3.05) is 6.54 Å². The molecule has 3 rings (SSSR count). The van der Waals surface area contributed by atoms with E-state index in [0.29, 0.717) is 24.0 Å². The Morgan fingerprint density at radius 1 is 1.09 bits per heavy atom. The minimum absolute atomic E-state index is 0.196. The summed E-state index contributed by atoms with van der Waals surface area (Å²) in [6, 6.07) is 17.0. The summed E-state index contributed by atoms with van der Waals surface area (Å²) < 4.78 is 0. The lowest BCUT2D eigenvalue weighted by molar-refractivity contribution is 0.0748. The Balaban J connectivity index is 2.00. The van der Waals surface area contributed by atoms with Gasteiger partial charge in [0.2, 0.25) is 0 Å². The van der Waals surface area contributed by atoms with E-state index < -0.39 is 5.69 Å². The fraction of sp³-hybridized carbons (Fsp3) is 0.167. The quantitative estimate of drug-likeness (QED) is 0.805. The number of benzene rings is 2. The second-order valence-electron chi connectivity index (χ2n) is 5.24. The normalized spacial score (nSPS) is 10.7. The highest BCUT2D eigenvalue weighted by atomic mass is 16.2. The lowest BCUT2D eigenvalue weighted by atomic mass is 10.1. The van der Waals surface area contributed by atoms with Gasteiger partial charge in [-0.05, 0) is 18.6 Å². The molecule has 0 fully saturated rings. The Morgan fingerprint density at radius 3 is 2.52 bits per heavy atom. The summed E-state index contributed by atoms with van der Waals surface area (Å²) in [6.45, 7) is 2.94. The Bertz CT molecular complexity index is 887. The predicted octanol–water partition coefficient (Wildman–Crippen LogP) is 2.59. The summed E-state index contributed by atoms with van der Waals surface area (Å²) >= 11 is 0. The summed E-state index contributed by atoms with van der Waals surface area (Å²) in [7, 11) is 0. The number of fused-ring (bicyclic) bond motifs is 1. The topological polar surface area (TPSA) is 66.1 Å². The summed E-state index contributed by atoms with van der Waals surface area (Å²) in [5.41, 5.74) is 1.34. The van der Waals surface area contributed by atoms with E-state index in [4.69, 9.17) is 0 Å². The lowest BCUT2D eigenvalue weighted by Crippen LogP contribution is -2.32. The molecule has 0 saturated carbocycles. The number of aromatic amines is 1. The first-order valence-corrected chi connectivity index (χ1v) is 7.51. The second-order valence-corrected chi connectivity index (χ2v) is 5.24. The molecule has 0 aliphatic carbocycles. The van der Waals surface area contributed by atoms with E-state index in [1.54, 1.807) is 17.0 Å². The molecule has 1 heterocycles. The van der Waals surface area contributed by atoms with Gasteiger partial charge in [-0.15, -0.1) is 0 Å². The summed E-state index contributed by atoms with van der Waals surface area (Å²) in [4.78, 5) is 32.8. The highest BCUT2D eigenvalue weighted by Crippen LogP contribution is 2.16. The number of rotatable bonds is 4. The number of nitrogens with zero attached hydrogens (tertiary/aromatic N) is 2. The van der Waals surface area contributed by atoms with Gasteiger partial charge in [0.1, 0.15) is 5.69 Å². The summed E-state index contributed by atoms with van der Waals surface area (Å²) in [5, 5.41) is 0.656. The van der Waals surface area contributed by atoms with Crippen LogP contribution >= 0.6 is 0 Å². The van der Waals surface area contributed by atoms with Gasteiger partial charge in [0, 0.05) is 18.5 Å². The number of nitrogens with one attached hydrogen (secondary N) is 1. The highest BCUT2D eigenvalue weighted by Gasteiger charge is 2.19. The minimum atomic E-state index is -0.511. The molecule has 0 aliphatic heterocycles. The van der Waals surface area contributed by atoms with Crippen LogP contribution in [0.5, 0.6) is 0 Å². The average Bonchev–Trinajstić information content (AvgIpc) is 2.59. The Labute approximate surface area is 133 Å². The van der Waals surface area contributed by atoms with Gasteiger partial charge in [-0.1, -0.05) is 48.5 Å². The minimum Gasteiger partial charge on any atom is -0.333 e. The van der Waals surface area contributed by atoms with Crippen LogP contribution in [0, 0.1) is 0 Å². The highest BCUT2D eigenvalue weighted by molar-refractivity contribution is 6.04. The molecular weight excluding hydrogens is 290 g/mol. The third-order valence-electron chi connectivity index (χ3n) is 3.72. The van der Waals surface area contributed by atoms with Gasteiger partial charge in [-0.3, -0.25) is 4.79 Å². The van der Waals surface area contributed by atoms with Crippen molar-refractivity contribution in [3.05, 3.63) is 76.3 Å². The van der Waals surface area contributed by atoms with Crippen molar-refractivity contribution in [1.29, 1.82) is 0 Å². The van der Waals surface area contributed by atoms with Gasteiger partial charge < -0.3 is 9.88 Å². The molecule has 0 unspecified atom stereocenters. The first kappa shape index (κ1) is 15.0. The largest absolute Gasteiger partial charge is 0.346 e. The zero-order valence-corrected chi connectivity index (χ0v) is 12.8. The van der Waals surface area contributed by atoms with E-state index in [1.165, 1.54) is 0 Å². The van der Waals surface area contributed by atoms with Crippen molar-refractivity contribution in [2.45, 2.75) is 13.5 Å². The SMILES string of the molecule is CCN(Cc1ccccc1)C(=O)c1nc(=O)[nH]c2ccccc12. The molecule has 2 aromatic carbocycles. The van der Waals surface area contributed by atoms with Gasteiger partial charge >= 0.3 is 5.69 Å². The van der Waals surface area contributed by atoms with Crippen LogP contribution in [0.4, 0.5) is 0 Å². The van der Waals surface area contributed by atoms with Gasteiger partial charge in [0.05, 0.1) is 5.52 Å². The van der Waals surface area contributed by atoms with Crippen molar-refractivity contribution in [1.82, 2.24) is 14.9 Å². The van der Waals surface area contributed by atoms with Crippen LogP contribution in [0.2, 0.25) is 0 Å².